The highest BCUT2D eigenvalue weighted by Crippen LogP contribution is 2.29. The van der Waals surface area contributed by atoms with Gasteiger partial charge in [0.1, 0.15) is 11.3 Å². The Morgan fingerprint density at radius 1 is 1.19 bits per heavy atom. The van der Waals surface area contributed by atoms with E-state index in [4.69, 9.17) is 4.74 Å². The lowest BCUT2D eigenvalue weighted by molar-refractivity contribution is 0.0181. The number of hydrogen-bond donors (Lipinski definition) is 1. The number of likely N-dealkylation sites (tertiary alicyclic amines) is 1. The van der Waals surface area contributed by atoms with Crippen LogP contribution in [0.4, 0.5) is 9.93 Å². The van der Waals surface area contributed by atoms with Crippen molar-refractivity contribution in [2.45, 2.75) is 59.1 Å². The number of aryl methyl sites for hydroxylation is 1. The lowest BCUT2D eigenvalue weighted by Crippen LogP contribution is -2.42. The number of sulfonamides is 1. The summed E-state index contributed by atoms with van der Waals surface area (Å²) in [5.41, 5.74) is 0.741. The van der Waals surface area contributed by atoms with E-state index in [2.05, 4.69) is 9.88 Å². The molecule has 2 aromatic rings. The van der Waals surface area contributed by atoms with Gasteiger partial charge in [0, 0.05) is 31.1 Å². The van der Waals surface area contributed by atoms with Gasteiger partial charge < -0.3 is 14.5 Å². The maximum absolute atomic E-state index is 12.4. The van der Waals surface area contributed by atoms with Crippen molar-refractivity contribution in [2.75, 3.05) is 30.8 Å². The van der Waals surface area contributed by atoms with Gasteiger partial charge in [-0.2, -0.15) is 0 Å². The highest BCUT2D eigenvalue weighted by atomic mass is 32.2. The molecule has 36 heavy (non-hydrogen) atoms. The molecular weight excluding hydrogens is 500 g/mol. The van der Waals surface area contributed by atoms with E-state index in [1.165, 1.54) is 11.3 Å². The Morgan fingerprint density at radius 2 is 1.83 bits per heavy atom. The van der Waals surface area contributed by atoms with E-state index in [9.17, 15) is 18.0 Å². The number of carbonyl (C=O) groups is 2. The van der Waals surface area contributed by atoms with Crippen molar-refractivity contribution >= 4 is 38.5 Å². The Labute approximate surface area is 217 Å². The van der Waals surface area contributed by atoms with Crippen molar-refractivity contribution in [1.29, 1.82) is 0 Å². The quantitative estimate of drug-likeness (QED) is 0.539. The van der Waals surface area contributed by atoms with E-state index < -0.39 is 21.5 Å². The van der Waals surface area contributed by atoms with Gasteiger partial charge in [-0.3, -0.25) is 4.79 Å². The number of amides is 2. The molecule has 1 aromatic carbocycles. The first-order chi connectivity index (χ1) is 16.8. The van der Waals surface area contributed by atoms with E-state index in [0.29, 0.717) is 35.6 Å². The maximum atomic E-state index is 12.4. The Kier molecular flexibility index (Phi) is 8.99. The molecule has 0 spiro atoms. The van der Waals surface area contributed by atoms with E-state index in [1.54, 1.807) is 11.8 Å². The van der Waals surface area contributed by atoms with Crippen LogP contribution in [-0.2, 0) is 21.3 Å². The summed E-state index contributed by atoms with van der Waals surface area (Å²) in [5.74, 6) is -0.261. The molecule has 1 aliphatic heterocycles. The fraction of sp³-hybridized carbons (Fsp3) is 0.560. The average molecular weight is 537 g/mol. The molecule has 0 bridgehead atoms. The van der Waals surface area contributed by atoms with Crippen LogP contribution in [0.2, 0.25) is 0 Å². The molecule has 0 unspecified atom stereocenters. The molecule has 1 N–H and O–H groups in total. The topological polar surface area (TPSA) is 109 Å². The summed E-state index contributed by atoms with van der Waals surface area (Å²) in [6.07, 6.45) is 3.40. The number of thiazole rings is 1. The number of anilines is 1. The molecule has 9 nitrogen and oxygen atoms in total. The van der Waals surface area contributed by atoms with E-state index in [0.717, 1.165) is 37.6 Å². The fourth-order valence-electron chi connectivity index (χ4n) is 4.06. The molecule has 2 heterocycles. The largest absolute Gasteiger partial charge is 0.444 e. The van der Waals surface area contributed by atoms with Crippen LogP contribution in [0.1, 0.15) is 61.0 Å². The summed E-state index contributed by atoms with van der Waals surface area (Å²) < 4.78 is 30.5. The molecule has 2 amide bonds. The maximum Gasteiger partial charge on any atom is 0.410 e. The minimum absolute atomic E-state index is 0.129. The summed E-state index contributed by atoms with van der Waals surface area (Å²) in [5, 5.41) is 0.682. The second kappa shape index (κ2) is 11.6. The molecule has 1 aliphatic rings. The molecule has 11 heteroatoms. The highest BCUT2D eigenvalue weighted by Gasteiger charge is 2.28. The van der Waals surface area contributed by atoms with Crippen molar-refractivity contribution in [3.63, 3.8) is 0 Å². The van der Waals surface area contributed by atoms with E-state index >= 15 is 0 Å². The third-order valence-electron chi connectivity index (χ3n) is 5.84. The summed E-state index contributed by atoms with van der Waals surface area (Å²) in [6, 6.07) is 10.0. The van der Waals surface area contributed by atoms with Gasteiger partial charge in [0.15, 0.2) is 5.13 Å². The molecule has 0 radical (unpaired) electrons. The monoisotopic (exact) mass is 536 g/mol. The number of hydrogen-bond acceptors (Lipinski definition) is 8. The predicted octanol–water partition coefficient (Wildman–Crippen LogP) is 4.18. The van der Waals surface area contributed by atoms with Crippen LogP contribution in [0.15, 0.2) is 30.3 Å². The number of benzene rings is 1. The Morgan fingerprint density at radius 3 is 2.42 bits per heavy atom. The zero-order chi connectivity index (χ0) is 26.5. The van der Waals surface area contributed by atoms with Crippen LogP contribution in [-0.4, -0.2) is 61.8 Å². The van der Waals surface area contributed by atoms with E-state index in [-0.39, 0.29) is 11.8 Å². The number of carbonyl (C=O) groups excluding carboxylic acids is 2. The van der Waals surface area contributed by atoms with Crippen molar-refractivity contribution in [1.82, 2.24) is 14.6 Å². The number of aromatic nitrogens is 1. The first-order valence-electron chi connectivity index (χ1n) is 12.1. The zero-order valence-electron chi connectivity index (χ0n) is 21.6. The molecular formula is C25H36N4O5S2. The summed E-state index contributed by atoms with van der Waals surface area (Å²) in [4.78, 5) is 33.9. The second-order valence-electron chi connectivity index (χ2n) is 10.2. The Bertz CT molecular complexity index is 1150. The smallest absolute Gasteiger partial charge is 0.410 e. The third-order valence-corrected chi connectivity index (χ3v) is 7.43. The van der Waals surface area contributed by atoms with Crippen molar-refractivity contribution < 1.29 is 22.7 Å². The van der Waals surface area contributed by atoms with Crippen molar-refractivity contribution in [3.8, 4) is 0 Å². The number of rotatable bonds is 8. The van der Waals surface area contributed by atoms with Crippen LogP contribution in [0.5, 0.6) is 0 Å². The van der Waals surface area contributed by atoms with Gasteiger partial charge in [-0.1, -0.05) is 30.3 Å². The second-order valence-corrected chi connectivity index (χ2v) is 13.1. The van der Waals surface area contributed by atoms with Crippen LogP contribution >= 0.6 is 11.3 Å². The van der Waals surface area contributed by atoms with Gasteiger partial charge >= 0.3 is 6.09 Å². The molecule has 0 aliphatic carbocycles. The van der Waals surface area contributed by atoms with E-state index in [1.807, 2.05) is 55.8 Å². The number of nitrogens with zero attached hydrogens (tertiary/aromatic N) is 3. The zero-order valence-corrected chi connectivity index (χ0v) is 23.2. The van der Waals surface area contributed by atoms with Crippen molar-refractivity contribution in [2.24, 2.45) is 5.92 Å². The van der Waals surface area contributed by atoms with Gasteiger partial charge in [0.25, 0.3) is 5.91 Å². The number of ether oxygens (including phenoxy) is 1. The lowest BCUT2D eigenvalue weighted by Gasteiger charge is -2.34. The normalized spacial score (nSPS) is 15.0. The minimum atomic E-state index is -3.68. The predicted molar refractivity (Wildman–Crippen MR) is 142 cm³/mol. The Balaban J connectivity index is 1.67. The standard InChI is InChI=1S/C25H36N4O5S2/c1-18-21(22(30)27-36(5,32)33)26-23(35-18)29(17-20-9-7-6-8-10-20)16-13-19-11-14-28(15-12-19)24(31)34-25(2,3)4/h6-10,19H,11-17H2,1-5H3,(H,27,30). The van der Waals surface area contributed by atoms with Gasteiger partial charge in [0.2, 0.25) is 10.0 Å². The minimum Gasteiger partial charge on any atom is -0.444 e. The first-order valence-corrected chi connectivity index (χ1v) is 14.8. The molecule has 1 saturated heterocycles. The average Bonchev–Trinajstić information content (AvgIpc) is 3.17. The van der Waals surface area contributed by atoms with Gasteiger partial charge in [-0.05, 0) is 58.4 Å². The van der Waals surface area contributed by atoms with Crippen LogP contribution < -0.4 is 9.62 Å². The van der Waals surface area contributed by atoms with Gasteiger partial charge in [0.05, 0.1) is 6.26 Å². The summed E-state index contributed by atoms with van der Waals surface area (Å²) in [6.45, 7) is 10.1. The van der Waals surface area contributed by atoms with Crippen LogP contribution in [0, 0.1) is 12.8 Å². The summed E-state index contributed by atoms with van der Waals surface area (Å²) >= 11 is 1.38. The molecule has 1 aromatic heterocycles. The van der Waals surface area contributed by atoms with Crippen molar-refractivity contribution in [3.05, 3.63) is 46.5 Å². The lowest BCUT2D eigenvalue weighted by atomic mass is 9.93. The fourth-order valence-corrected chi connectivity index (χ4v) is 5.42. The summed E-state index contributed by atoms with van der Waals surface area (Å²) in [7, 11) is -3.68. The van der Waals surface area contributed by atoms with Crippen LogP contribution in [0.3, 0.4) is 0 Å². The highest BCUT2D eigenvalue weighted by molar-refractivity contribution is 7.89. The Hall–Kier alpha value is -2.66. The third kappa shape index (κ3) is 8.48. The molecule has 0 atom stereocenters. The van der Waals surface area contributed by atoms with Gasteiger partial charge in [-0.15, -0.1) is 11.3 Å². The molecule has 1 fully saturated rings. The number of piperidine rings is 1. The van der Waals surface area contributed by atoms with Gasteiger partial charge in [-0.25, -0.2) is 22.9 Å². The molecule has 0 saturated carbocycles. The SMILES string of the molecule is Cc1sc(N(CCC2CCN(C(=O)OC(C)(C)C)CC2)Cc2ccccc2)nc1C(=O)NS(C)(=O)=O. The molecule has 3 rings (SSSR count). The molecule has 198 valence electrons. The van der Waals surface area contributed by atoms with Crippen LogP contribution in [0.25, 0.3) is 0 Å². The first kappa shape index (κ1) is 27.9. The number of nitrogens with one attached hydrogen (secondary N) is 1.